The van der Waals surface area contributed by atoms with E-state index >= 15 is 0 Å². The number of nitrogens with zero attached hydrogens (tertiary/aromatic N) is 1. The van der Waals surface area contributed by atoms with Gasteiger partial charge in [-0.25, -0.2) is 4.79 Å². The van der Waals surface area contributed by atoms with Gasteiger partial charge in [-0.05, 0) is 61.8 Å². The van der Waals surface area contributed by atoms with E-state index in [2.05, 4.69) is 17.5 Å². The van der Waals surface area contributed by atoms with Gasteiger partial charge in [0.05, 0.1) is 24.4 Å². The van der Waals surface area contributed by atoms with E-state index in [1.807, 2.05) is 72.8 Å². The molecule has 3 aromatic carbocycles. The number of fused-ring (bicyclic) bond motifs is 2. The monoisotopic (exact) mass is 704 g/mol. The maximum absolute atomic E-state index is 14.2. The number of aliphatic hydroxyl groups excluding tert-OH is 1. The van der Waals surface area contributed by atoms with Gasteiger partial charge < -0.3 is 34.3 Å². The summed E-state index contributed by atoms with van der Waals surface area (Å²) in [4.78, 5) is 42.5. The number of amides is 2. The lowest BCUT2D eigenvalue weighted by molar-refractivity contribution is -0.157. The molecule has 270 valence electrons. The summed E-state index contributed by atoms with van der Waals surface area (Å²) in [6.45, 7) is 0.339. The molecule has 7 atom stereocenters. The van der Waals surface area contributed by atoms with Crippen LogP contribution in [0.1, 0.15) is 65.6 Å². The first-order chi connectivity index (χ1) is 25.4. The molecule has 10 heteroatoms. The van der Waals surface area contributed by atoms with Gasteiger partial charge in [0, 0.05) is 36.2 Å². The molecule has 8 rings (SSSR count). The highest BCUT2D eigenvalue weighted by atomic mass is 16.8. The van der Waals surface area contributed by atoms with Crippen LogP contribution in [-0.2, 0) is 34.3 Å². The Hall–Kier alpha value is -4.61. The molecule has 3 saturated heterocycles. The van der Waals surface area contributed by atoms with Gasteiger partial charge in [-0.2, -0.15) is 0 Å². The van der Waals surface area contributed by atoms with Gasteiger partial charge in [0.25, 0.3) is 0 Å². The summed E-state index contributed by atoms with van der Waals surface area (Å²) in [6, 6.07) is 25.9. The molecule has 5 aliphatic rings. The number of carbonyl (C=O) groups is 3. The Labute approximate surface area is 303 Å². The molecule has 0 bridgehead atoms. The molecule has 0 radical (unpaired) electrons. The molecular formula is C42H44N2O8. The van der Waals surface area contributed by atoms with Crippen molar-refractivity contribution in [1.29, 1.82) is 0 Å². The molecule has 10 nitrogen and oxygen atoms in total. The maximum Gasteiger partial charge on any atom is 0.338 e. The van der Waals surface area contributed by atoms with Crippen LogP contribution in [0.2, 0.25) is 0 Å². The average molecular weight is 705 g/mol. The molecule has 3 aliphatic heterocycles. The summed E-state index contributed by atoms with van der Waals surface area (Å²) < 4.78 is 25.6. The third kappa shape index (κ3) is 6.96. The molecule has 0 aromatic heterocycles. The smallest absolute Gasteiger partial charge is 0.338 e. The molecule has 2 N–H and O–H groups in total. The van der Waals surface area contributed by atoms with Crippen LogP contribution in [0, 0.1) is 5.92 Å². The standard InChI is InChI=1S/C42H44N2O8/c45-23-21-43-39(46)33-12-7-22-44(33)40(47)30-25-36(50-41(48)29-18-15-27(16-19-29)13-14-28-17-20-34-35(24-28)49-34)38-37(26-30)51-42(52-38,31-8-3-1-4-9-31)32-10-5-2-6-11-32/h1-6,8-11,13-16,18-19,26,28,33-38,45H,7,12,17,20-25H2,(H,43,46). The maximum atomic E-state index is 14.2. The molecule has 52 heavy (non-hydrogen) atoms. The number of allylic oxidation sites excluding steroid dienone is 1. The van der Waals surface area contributed by atoms with Crippen molar-refractivity contribution >= 4 is 23.9 Å². The van der Waals surface area contributed by atoms with E-state index in [1.165, 1.54) is 0 Å². The molecule has 4 fully saturated rings. The van der Waals surface area contributed by atoms with Crippen LogP contribution in [0.25, 0.3) is 6.08 Å². The zero-order valence-electron chi connectivity index (χ0n) is 29.0. The third-order valence-corrected chi connectivity index (χ3v) is 10.9. The number of rotatable bonds is 10. The number of hydrogen-bond donors (Lipinski definition) is 2. The van der Waals surface area contributed by atoms with Crippen molar-refractivity contribution < 1.29 is 38.4 Å². The summed E-state index contributed by atoms with van der Waals surface area (Å²) in [5.74, 6) is -1.96. The Balaban J connectivity index is 1.06. The van der Waals surface area contributed by atoms with Crippen molar-refractivity contribution in [2.45, 2.75) is 80.9 Å². The second kappa shape index (κ2) is 14.8. The summed E-state index contributed by atoms with van der Waals surface area (Å²) in [7, 11) is 0. The van der Waals surface area contributed by atoms with E-state index in [0.29, 0.717) is 48.6 Å². The lowest BCUT2D eigenvalue weighted by atomic mass is 9.89. The van der Waals surface area contributed by atoms with Crippen molar-refractivity contribution in [3.63, 3.8) is 0 Å². The van der Waals surface area contributed by atoms with Crippen molar-refractivity contribution in [2.24, 2.45) is 5.92 Å². The van der Waals surface area contributed by atoms with Crippen LogP contribution >= 0.6 is 0 Å². The predicted molar refractivity (Wildman–Crippen MR) is 192 cm³/mol. The first kappa shape index (κ1) is 34.5. The predicted octanol–water partition coefficient (Wildman–Crippen LogP) is 4.91. The zero-order chi connectivity index (χ0) is 35.7. The highest BCUT2D eigenvalue weighted by Crippen LogP contribution is 2.47. The summed E-state index contributed by atoms with van der Waals surface area (Å²) in [6.07, 6.45) is 9.25. The lowest BCUT2D eigenvalue weighted by Gasteiger charge is -2.33. The Bertz CT molecular complexity index is 1790. The average Bonchev–Trinajstić information content (AvgIpc) is 3.58. The number of epoxide rings is 1. The third-order valence-electron chi connectivity index (χ3n) is 10.9. The van der Waals surface area contributed by atoms with Gasteiger partial charge in [0.2, 0.25) is 17.6 Å². The Morgan fingerprint density at radius 1 is 0.904 bits per heavy atom. The van der Waals surface area contributed by atoms with Crippen LogP contribution in [0.5, 0.6) is 0 Å². The van der Waals surface area contributed by atoms with Crippen molar-refractivity contribution in [3.05, 3.63) is 125 Å². The number of nitrogens with one attached hydrogen (secondary N) is 1. The first-order valence-corrected chi connectivity index (χ1v) is 18.4. The van der Waals surface area contributed by atoms with E-state index in [1.54, 1.807) is 23.1 Å². The summed E-state index contributed by atoms with van der Waals surface area (Å²) >= 11 is 0. The number of aliphatic hydroxyl groups is 1. The second-order valence-corrected chi connectivity index (χ2v) is 14.3. The van der Waals surface area contributed by atoms with E-state index in [0.717, 1.165) is 36.0 Å². The molecule has 2 aliphatic carbocycles. The van der Waals surface area contributed by atoms with Crippen molar-refractivity contribution in [2.75, 3.05) is 19.7 Å². The number of carbonyl (C=O) groups excluding carboxylic acids is 3. The van der Waals surface area contributed by atoms with Crippen molar-refractivity contribution in [1.82, 2.24) is 10.2 Å². The summed E-state index contributed by atoms with van der Waals surface area (Å²) in [5.41, 5.74) is 3.31. The van der Waals surface area contributed by atoms with E-state index in [-0.39, 0.29) is 31.4 Å². The molecule has 1 saturated carbocycles. The van der Waals surface area contributed by atoms with E-state index < -0.39 is 36.1 Å². The highest BCUT2D eigenvalue weighted by Gasteiger charge is 2.55. The molecule has 7 unspecified atom stereocenters. The quantitative estimate of drug-likeness (QED) is 0.225. The number of hydrogen-bond acceptors (Lipinski definition) is 8. The SMILES string of the molecule is O=C(OC1CC(C(=O)N2CCCC2C(=O)NCCO)=CC2OC(c3ccccc3)(c3ccccc3)OC21)c1ccc(C=CC2CCC3OC3C2)cc1. The van der Waals surface area contributed by atoms with Gasteiger partial charge in [-0.15, -0.1) is 0 Å². The van der Waals surface area contributed by atoms with Crippen LogP contribution < -0.4 is 5.32 Å². The Kier molecular flexibility index (Phi) is 9.80. The van der Waals surface area contributed by atoms with Crippen LogP contribution in [0.4, 0.5) is 0 Å². The number of esters is 1. The second-order valence-electron chi connectivity index (χ2n) is 14.3. The van der Waals surface area contributed by atoms with Gasteiger partial charge in [-0.3, -0.25) is 9.59 Å². The van der Waals surface area contributed by atoms with Gasteiger partial charge >= 0.3 is 5.97 Å². The molecule has 3 heterocycles. The number of ether oxygens (including phenoxy) is 4. The molecule has 2 amide bonds. The molecule has 3 aromatic rings. The lowest BCUT2D eigenvalue weighted by Crippen LogP contribution is -2.49. The van der Waals surface area contributed by atoms with E-state index in [9.17, 15) is 19.5 Å². The number of benzene rings is 3. The fraction of sp³-hybridized carbons (Fsp3) is 0.405. The minimum atomic E-state index is -1.32. The molecule has 0 spiro atoms. The van der Waals surface area contributed by atoms with Gasteiger partial charge in [-0.1, -0.05) is 84.9 Å². The fourth-order valence-electron chi connectivity index (χ4n) is 8.14. The normalized spacial score (nSPS) is 28.8. The topological polar surface area (TPSA) is 127 Å². The Morgan fingerprint density at radius 2 is 1.63 bits per heavy atom. The van der Waals surface area contributed by atoms with Gasteiger partial charge in [0.15, 0.2) is 0 Å². The van der Waals surface area contributed by atoms with Crippen LogP contribution in [0.3, 0.4) is 0 Å². The van der Waals surface area contributed by atoms with Crippen LogP contribution in [0.15, 0.2) is 103 Å². The highest BCUT2D eigenvalue weighted by molar-refractivity contribution is 5.98. The molecular weight excluding hydrogens is 660 g/mol. The largest absolute Gasteiger partial charge is 0.456 e. The van der Waals surface area contributed by atoms with E-state index in [4.69, 9.17) is 18.9 Å². The fourth-order valence-corrected chi connectivity index (χ4v) is 8.14. The van der Waals surface area contributed by atoms with Gasteiger partial charge in [0.1, 0.15) is 24.4 Å². The minimum absolute atomic E-state index is 0.0873. The summed E-state index contributed by atoms with van der Waals surface area (Å²) in [5, 5.41) is 11.9. The first-order valence-electron chi connectivity index (χ1n) is 18.4. The zero-order valence-corrected chi connectivity index (χ0v) is 29.0. The van der Waals surface area contributed by atoms with Crippen LogP contribution in [-0.4, -0.2) is 84.0 Å². The number of likely N-dealkylation sites (tertiary alicyclic amines) is 1. The van der Waals surface area contributed by atoms with Crippen molar-refractivity contribution in [3.8, 4) is 0 Å². The minimum Gasteiger partial charge on any atom is -0.456 e. The Morgan fingerprint density at radius 3 is 2.33 bits per heavy atom.